The van der Waals surface area contributed by atoms with Gasteiger partial charge in [-0.15, -0.1) is 20.4 Å². The lowest BCUT2D eigenvalue weighted by atomic mass is 10.7. The zero-order chi connectivity index (χ0) is 11.4. The second-order valence-electron chi connectivity index (χ2n) is 2.60. The molecule has 8 nitrogen and oxygen atoms in total. The second-order valence-corrected chi connectivity index (χ2v) is 4.38. The molecular weight excluding hydrogens is 250 g/mol. The summed E-state index contributed by atoms with van der Waals surface area (Å²) in [5.74, 6) is 5.48. The number of carbonyl (C=O) groups excluding carboxylic acids is 1. The Bertz CT molecular complexity index is 467. The Morgan fingerprint density at radius 3 is 3.06 bits per heavy atom. The third-order valence-electron chi connectivity index (χ3n) is 1.48. The van der Waals surface area contributed by atoms with E-state index in [2.05, 4.69) is 25.7 Å². The summed E-state index contributed by atoms with van der Waals surface area (Å²) < 4.78 is 1.25. The van der Waals surface area contributed by atoms with E-state index in [0.29, 0.717) is 10.3 Å². The first-order valence-corrected chi connectivity index (χ1v) is 5.96. The molecule has 2 aromatic heterocycles. The van der Waals surface area contributed by atoms with Gasteiger partial charge in [0.1, 0.15) is 11.8 Å². The van der Waals surface area contributed by atoms with Crippen LogP contribution in [0.4, 0.5) is 5.13 Å². The van der Waals surface area contributed by atoms with Crippen molar-refractivity contribution in [3.8, 4) is 0 Å². The molecule has 0 aliphatic rings. The third-order valence-corrected chi connectivity index (χ3v) is 3.04. The Labute approximate surface area is 98.2 Å². The first-order valence-electron chi connectivity index (χ1n) is 4.09. The highest BCUT2D eigenvalue weighted by molar-refractivity contribution is 7.99. The molecule has 2 aromatic rings. The number of thioether (sulfide) groups is 1. The quantitative estimate of drug-likeness (QED) is 0.564. The van der Waals surface area contributed by atoms with E-state index in [1.54, 1.807) is 5.51 Å². The number of nitrogens with zero attached hydrogens (tertiary/aromatic N) is 5. The molecule has 0 saturated carbocycles. The van der Waals surface area contributed by atoms with Gasteiger partial charge in [-0.3, -0.25) is 10.1 Å². The summed E-state index contributed by atoms with van der Waals surface area (Å²) in [4.78, 5) is 11.4. The van der Waals surface area contributed by atoms with Crippen LogP contribution in [0.15, 0.2) is 17.0 Å². The average Bonchev–Trinajstić information content (AvgIpc) is 2.87. The van der Waals surface area contributed by atoms with E-state index in [1.807, 2.05) is 0 Å². The lowest BCUT2D eigenvalue weighted by Crippen LogP contribution is -2.15. The maximum Gasteiger partial charge on any atom is 0.236 e. The van der Waals surface area contributed by atoms with Crippen molar-refractivity contribution in [3.05, 3.63) is 11.8 Å². The van der Waals surface area contributed by atoms with Crippen molar-refractivity contribution in [2.75, 3.05) is 16.9 Å². The molecule has 0 aromatic carbocycles. The van der Waals surface area contributed by atoms with Gasteiger partial charge in [0.05, 0.1) is 5.75 Å². The highest BCUT2D eigenvalue weighted by Crippen LogP contribution is 2.13. The van der Waals surface area contributed by atoms with Crippen LogP contribution in [-0.4, -0.2) is 36.7 Å². The number of anilines is 1. The molecule has 10 heteroatoms. The molecule has 0 unspecified atom stereocenters. The summed E-state index contributed by atoms with van der Waals surface area (Å²) >= 11 is 2.45. The van der Waals surface area contributed by atoms with Gasteiger partial charge in [0.25, 0.3) is 0 Å². The Morgan fingerprint density at radius 2 is 2.44 bits per heavy atom. The molecule has 16 heavy (non-hydrogen) atoms. The fourth-order valence-electron chi connectivity index (χ4n) is 0.848. The van der Waals surface area contributed by atoms with E-state index in [4.69, 9.17) is 5.84 Å². The van der Waals surface area contributed by atoms with E-state index in [0.717, 1.165) is 0 Å². The molecule has 0 saturated heterocycles. The number of nitrogens with two attached hydrogens (primary N) is 1. The largest absolute Gasteiger partial charge is 0.336 e. The predicted molar refractivity (Wildman–Crippen MR) is 59.4 cm³/mol. The Balaban J connectivity index is 1.82. The molecular formula is C6H7N7OS2. The molecule has 0 aliphatic heterocycles. The van der Waals surface area contributed by atoms with Crippen LogP contribution in [-0.2, 0) is 4.79 Å². The van der Waals surface area contributed by atoms with E-state index in [-0.39, 0.29) is 11.7 Å². The molecule has 0 spiro atoms. The van der Waals surface area contributed by atoms with Crippen molar-refractivity contribution in [1.82, 2.24) is 25.1 Å². The highest BCUT2D eigenvalue weighted by Gasteiger charge is 2.08. The maximum atomic E-state index is 11.4. The predicted octanol–water partition coefficient (Wildman–Crippen LogP) is -0.426. The van der Waals surface area contributed by atoms with Gasteiger partial charge in [-0.2, -0.15) is 0 Å². The fourth-order valence-corrected chi connectivity index (χ4v) is 1.94. The fraction of sp³-hybridized carbons (Fsp3) is 0.167. The van der Waals surface area contributed by atoms with Gasteiger partial charge < -0.3 is 5.84 Å². The van der Waals surface area contributed by atoms with Crippen LogP contribution >= 0.6 is 23.1 Å². The van der Waals surface area contributed by atoms with Gasteiger partial charge in [0.2, 0.25) is 16.2 Å². The standard InChI is InChI=1S/C6H7N7OS2/c7-13-2-8-12-6(13)15-1-4(14)10-5-11-9-3-16-5/h2-3H,1,7H2,(H,10,11,14). The molecule has 1 amide bonds. The van der Waals surface area contributed by atoms with E-state index in [9.17, 15) is 4.79 Å². The first-order chi connectivity index (χ1) is 7.75. The molecule has 0 aliphatic carbocycles. The smallest absolute Gasteiger partial charge is 0.236 e. The van der Waals surface area contributed by atoms with E-state index >= 15 is 0 Å². The van der Waals surface area contributed by atoms with Crippen molar-refractivity contribution >= 4 is 34.1 Å². The number of hydrogen-bond donors (Lipinski definition) is 2. The summed E-state index contributed by atoms with van der Waals surface area (Å²) in [5, 5.41) is 18.2. The van der Waals surface area contributed by atoms with Gasteiger partial charge in [-0.25, -0.2) is 4.68 Å². The van der Waals surface area contributed by atoms with Gasteiger partial charge in [-0.1, -0.05) is 23.1 Å². The third kappa shape index (κ3) is 2.67. The average molecular weight is 257 g/mol. The van der Waals surface area contributed by atoms with Crippen LogP contribution in [0.2, 0.25) is 0 Å². The first kappa shape index (κ1) is 10.8. The van der Waals surface area contributed by atoms with Crippen LogP contribution in [0.25, 0.3) is 0 Å². The minimum absolute atomic E-state index is 0.190. The zero-order valence-corrected chi connectivity index (χ0v) is 9.53. The normalized spacial score (nSPS) is 10.2. The van der Waals surface area contributed by atoms with E-state index in [1.165, 1.54) is 34.1 Å². The van der Waals surface area contributed by atoms with Crippen molar-refractivity contribution in [1.29, 1.82) is 0 Å². The molecule has 3 N–H and O–H groups in total. The number of nitrogens with one attached hydrogen (secondary N) is 1. The minimum atomic E-state index is -0.190. The molecule has 84 valence electrons. The molecule has 0 fully saturated rings. The lowest BCUT2D eigenvalue weighted by molar-refractivity contribution is -0.113. The molecule has 2 rings (SSSR count). The summed E-state index contributed by atoms with van der Waals surface area (Å²) in [6.07, 6.45) is 1.37. The van der Waals surface area contributed by atoms with Crippen LogP contribution in [0, 0.1) is 0 Å². The minimum Gasteiger partial charge on any atom is -0.336 e. The number of carbonyl (C=O) groups is 1. The van der Waals surface area contributed by atoms with Gasteiger partial charge >= 0.3 is 0 Å². The monoisotopic (exact) mass is 257 g/mol. The van der Waals surface area contributed by atoms with Gasteiger partial charge in [-0.05, 0) is 0 Å². The van der Waals surface area contributed by atoms with Crippen LogP contribution in [0.3, 0.4) is 0 Å². The molecule has 0 radical (unpaired) electrons. The topological polar surface area (TPSA) is 112 Å². The highest BCUT2D eigenvalue weighted by atomic mass is 32.2. The summed E-state index contributed by atoms with van der Waals surface area (Å²) in [7, 11) is 0. The molecule has 0 atom stereocenters. The number of aromatic nitrogens is 5. The second kappa shape index (κ2) is 4.90. The van der Waals surface area contributed by atoms with Crippen molar-refractivity contribution in [2.24, 2.45) is 0 Å². The maximum absolute atomic E-state index is 11.4. The summed E-state index contributed by atoms with van der Waals surface area (Å²) in [5.41, 5.74) is 1.54. The number of nitrogen functional groups attached to an aromatic ring is 1. The van der Waals surface area contributed by atoms with E-state index < -0.39 is 0 Å². The Hall–Kier alpha value is -1.68. The lowest BCUT2D eigenvalue weighted by Gasteiger charge is -2.00. The van der Waals surface area contributed by atoms with Gasteiger partial charge in [0.15, 0.2) is 0 Å². The number of hydrogen-bond acceptors (Lipinski definition) is 8. The Kier molecular flexibility index (Phi) is 3.31. The van der Waals surface area contributed by atoms with Crippen molar-refractivity contribution < 1.29 is 4.79 Å². The number of rotatable bonds is 4. The van der Waals surface area contributed by atoms with Crippen molar-refractivity contribution in [3.63, 3.8) is 0 Å². The van der Waals surface area contributed by atoms with Crippen LogP contribution in [0.1, 0.15) is 0 Å². The molecule has 0 bridgehead atoms. The van der Waals surface area contributed by atoms with Crippen LogP contribution < -0.4 is 11.2 Å². The Morgan fingerprint density at radius 1 is 1.56 bits per heavy atom. The van der Waals surface area contributed by atoms with Crippen molar-refractivity contribution in [2.45, 2.75) is 5.16 Å². The molecule has 2 heterocycles. The summed E-state index contributed by atoms with van der Waals surface area (Å²) in [6, 6.07) is 0. The number of amides is 1. The zero-order valence-electron chi connectivity index (χ0n) is 7.90. The van der Waals surface area contributed by atoms with Crippen LogP contribution in [0.5, 0.6) is 0 Å². The summed E-state index contributed by atoms with van der Waals surface area (Å²) in [6.45, 7) is 0. The van der Waals surface area contributed by atoms with Gasteiger partial charge in [0, 0.05) is 0 Å². The SMILES string of the molecule is Nn1cnnc1SCC(=O)Nc1nncs1.